The predicted octanol–water partition coefficient (Wildman–Crippen LogP) is 3.32. The van der Waals surface area contributed by atoms with Crippen LogP contribution in [0.5, 0.6) is 5.75 Å². The summed E-state index contributed by atoms with van der Waals surface area (Å²) in [6.45, 7) is 0.595. The summed E-state index contributed by atoms with van der Waals surface area (Å²) in [6.07, 6.45) is -1.05. The van der Waals surface area contributed by atoms with Crippen LogP contribution < -0.4 is 15.4 Å². The van der Waals surface area contributed by atoms with E-state index in [4.69, 9.17) is 0 Å². The summed E-state index contributed by atoms with van der Waals surface area (Å²) in [5, 5.41) is 12.2. The van der Waals surface area contributed by atoms with Crippen LogP contribution in [0.2, 0.25) is 0 Å². The van der Waals surface area contributed by atoms with Crippen LogP contribution in [0.15, 0.2) is 30.5 Å². The van der Waals surface area contributed by atoms with E-state index in [1.165, 1.54) is 0 Å². The number of hydrogen-bond acceptors (Lipinski definition) is 4. The molecule has 2 atom stereocenters. The Morgan fingerprint density at radius 3 is 2.60 bits per heavy atom. The van der Waals surface area contributed by atoms with Gasteiger partial charge in [0.2, 0.25) is 0 Å². The molecule has 0 bridgehead atoms. The molecule has 3 N–H and O–H groups in total. The first-order valence-corrected chi connectivity index (χ1v) is 11.2. The number of halogens is 4. The molecule has 2 fully saturated rings. The van der Waals surface area contributed by atoms with Crippen LogP contribution in [0.1, 0.15) is 36.4 Å². The van der Waals surface area contributed by atoms with Crippen molar-refractivity contribution >= 4 is 12.1 Å². The number of alkyl halides is 3. The molecule has 4 amide bonds. The van der Waals surface area contributed by atoms with Crippen LogP contribution in [-0.2, 0) is 6.54 Å². The summed E-state index contributed by atoms with van der Waals surface area (Å²) in [7, 11) is 1.54. The van der Waals surface area contributed by atoms with Crippen LogP contribution in [-0.4, -0.2) is 70.6 Å². The average molecular weight is 498 g/mol. The van der Waals surface area contributed by atoms with Crippen molar-refractivity contribution in [3.63, 3.8) is 0 Å². The lowest BCUT2D eigenvalue weighted by molar-refractivity contribution is -0.274. The molecule has 190 valence electrons. The van der Waals surface area contributed by atoms with Crippen molar-refractivity contribution in [1.82, 2.24) is 30.6 Å². The molecule has 4 rings (SSSR count). The SMILES string of the molecule is CNC(=O)N1CC(c2ccn[nH]2)C[C@@H](N(C(=O)NCc2ccc(OC(F)(F)F)cc2F)C2CC2)C1. The van der Waals surface area contributed by atoms with Gasteiger partial charge in [0.15, 0.2) is 0 Å². The zero-order valence-corrected chi connectivity index (χ0v) is 18.9. The number of carbonyl (C=O) groups excluding carboxylic acids is 2. The Morgan fingerprint density at radius 2 is 2.00 bits per heavy atom. The summed E-state index contributed by atoms with van der Waals surface area (Å²) in [5.74, 6) is -1.65. The van der Waals surface area contributed by atoms with E-state index in [1.807, 2.05) is 6.07 Å². The summed E-state index contributed by atoms with van der Waals surface area (Å²) in [4.78, 5) is 29.0. The first kappa shape index (κ1) is 24.6. The van der Waals surface area contributed by atoms with Gasteiger partial charge >= 0.3 is 18.4 Å². The van der Waals surface area contributed by atoms with Crippen molar-refractivity contribution < 1.29 is 31.9 Å². The van der Waals surface area contributed by atoms with E-state index in [-0.39, 0.29) is 36.1 Å². The summed E-state index contributed by atoms with van der Waals surface area (Å²) in [6, 6.07) is 3.65. The fourth-order valence-electron chi connectivity index (χ4n) is 4.43. The average Bonchev–Trinajstić information content (AvgIpc) is 3.47. The molecule has 1 aromatic carbocycles. The predicted molar refractivity (Wildman–Crippen MR) is 116 cm³/mol. The van der Waals surface area contributed by atoms with Gasteiger partial charge in [0, 0.05) is 62.2 Å². The van der Waals surface area contributed by atoms with Crippen molar-refractivity contribution in [3.8, 4) is 5.75 Å². The number of aromatic amines is 1. The van der Waals surface area contributed by atoms with E-state index in [2.05, 4.69) is 25.6 Å². The highest BCUT2D eigenvalue weighted by molar-refractivity contribution is 5.76. The second-order valence-electron chi connectivity index (χ2n) is 8.66. The van der Waals surface area contributed by atoms with Crippen molar-refractivity contribution in [3.05, 3.63) is 47.5 Å². The van der Waals surface area contributed by atoms with Crippen molar-refractivity contribution in [2.45, 2.75) is 50.2 Å². The maximum atomic E-state index is 14.3. The minimum atomic E-state index is -4.93. The third kappa shape index (κ3) is 6.14. The molecule has 1 aromatic heterocycles. The maximum Gasteiger partial charge on any atom is 0.573 e. The number of benzene rings is 1. The van der Waals surface area contributed by atoms with E-state index in [1.54, 1.807) is 23.0 Å². The van der Waals surface area contributed by atoms with Crippen molar-refractivity contribution in [2.24, 2.45) is 0 Å². The number of hydrogen-bond donors (Lipinski definition) is 3. The number of likely N-dealkylation sites (tertiary alicyclic amines) is 1. The van der Waals surface area contributed by atoms with E-state index in [0.29, 0.717) is 25.6 Å². The first-order valence-electron chi connectivity index (χ1n) is 11.2. The minimum absolute atomic E-state index is 0.000497. The van der Waals surface area contributed by atoms with E-state index in [0.717, 1.165) is 30.7 Å². The summed E-state index contributed by atoms with van der Waals surface area (Å²) < 4.78 is 55.1. The van der Waals surface area contributed by atoms with E-state index >= 15 is 0 Å². The van der Waals surface area contributed by atoms with Crippen LogP contribution in [0, 0.1) is 5.82 Å². The van der Waals surface area contributed by atoms with Gasteiger partial charge in [0.1, 0.15) is 11.6 Å². The Kier molecular flexibility index (Phi) is 7.03. The highest BCUT2D eigenvalue weighted by atomic mass is 19.4. The van der Waals surface area contributed by atoms with Crippen LogP contribution in [0.4, 0.5) is 27.2 Å². The summed E-state index contributed by atoms with van der Waals surface area (Å²) in [5.41, 5.74) is 0.887. The number of H-pyrrole nitrogens is 1. The number of carbonyl (C=O) groups is 2. The molecule has 1 saturated carbocycles. The van der Waals surface area contributed by atoms with E-state index in [9.17, 15) is 27.2 Å². The van der Waals surface area contributed by atoms with Crippen LogP contribution >= 0.6 is 0 Å². The molecule has 2 heterocycles. The monoisotopic (exact) mass is 498 g/mol. The molecule has 1 aliphatic carbocycles. The molecule has 0 spiro atoms. The van der Waals surface area contributed by atoms with Gasteiger partial charge in [-0.05, 0) is 31.4 Å². The Balaban J connectivity index is 1.46. The molecule has 9 nitrogen and oxygen atoms in total. The second kappa shape index (κ2) is 10.0. The van der Waals surface area contributed by atoms with E-state index < -0.39 is 24.0 Å². The highest BCUT2D eigenvalue weighted by Crippen LogP contribution is 2.35. The topological polar surface area (TPSA) is 103 Å². The van der Waals surface area contributed by atoms with Gasteiger partial charge in [0.25, 0.3) is 0 Å². The molecule has 1 unspecified atom stereocenters. The van der Waals surface area contributed by atoms with Crippen LogP contribution in [0.25, 0.3) is 0 Å². The maximum absolute atomic E-state index is 14.3. The molecule has 2 aromatic rings. The third-order valence-electron chi connectivity index (χ3n) is 6.15. The number of amides is 4. The Hall–Kier alpha value is -3.51. The largest absolute Gasteiger partial charge is 0.573 e. The lowest BCUT2D eigenvalue weighted by atomic mass is 9.90. The Labute approximate surface area is 198 Å². The normalized spacial score (nSPS) is 20.3. The molecule has 13 heteroatoms. The number of piperidine rings is 1. The summed E-state index contributed by atoms with van der Waals surface area (Å²) >= 11 is 0. The molecule has 1 aliphatic heterocycles. The van der Waals surface area contributed by atoms with Gasteiger partial charge in [-0.3, -0.25) is 5.10 Å². The fraction of sp³-hybridized carbons (Fsp3) is 0.500. The van der Waals surface area contributed by atoms with Gasteiger partial charge in [0.05, 0.1) is 6.04 Å². The molecule has 35 heavy (non-hydrogen) atoms. The van der Waals surface area contributed by atoms with Crippen molar-refractivity contribution in [1.29, 1.82) is 0 Å². The number of nitrogens with one attached hydrogen (secondary N) is 3. The Bertz CT molecular complexity index is 1040. The molecule has 0 radical (unpaired) electrons. The zero-order chi connectivity index (χ0) is 25.2. The van der Waals surface area contributed by atoms with Gasteiger partial charge in [-0.2, -0.15) is 5.10 Å². The van der Waals surface area contributed by atoms with Gasteiger partial charge in [-0.25, -0.2) is 14.0 Å². The minimum Gasteiger partial charge on any atom is -0.406 e. The quantitative estimate of drug-likeness (QED) is 0.532. The van der Waals surface area contributed by atoms with Gasteiger partial charge in [-0.1, -0.05) is 6.07 Å². The number of aromatic nitrogens is 2. The third-order valence-corrected chi connectivity index (χ3v) is 6.15. The van der Waals surface area contributed by atoms with Crippen LogP contribution in [0.3, 0.4) is 0 Å². The fourth-order valence-corrected chi connectivity index (χ4v) is 4.43. The standard InChI is InChI=1S/C22H26F4N6O3/c1-27-20(33)31-11-14(19-6-7-29-30-19)8-16(12-31)32(15-3-4-15)21(34)28-10-13-2-5-17(9-18(13)23)35-22(24,25)26/h2,5-7,9,14-16H,3-4,8,10-12H2,1H3,(H,27,33)(H,28,34)(H,29,30)/t14?,16-/m1/s1. The zero-order valence-electron chi connectivity index (χ0n) is 18.9. The lowest BCUT2D eigenvalue weighted by Crippen LogP contribution is -2.57. The number of rotatable bonds is 6. The molecular weight excluding hydrogens is 472 g/mol. The highest BCUT2D eigenvalue weighted by Gasteiger charge is 2.42. The van der Waals surface area contributed by atoms with Crippen molar-refractivity contribution in [2.75, 3.05) is 20.1 Å². The smallest absolute Gasteiger partial charge is 0.406 e. The Morgan fingerprint density at radius 1 is 1.23 bits per heavy atom. The molecule has 2 aliphatic rings. The van der Waals surface area contributed by atoms with Gasteiger partial charge in [-0.15, -0.1) is 13.2 Å². The number of nitrogens with zero attached hydrogens (tertiary/aromatic N) is 3. The number of ether oxygens (including phenoxy) is 1. The first-order chi connectivity index (χ1) is 16.6. The second-order valence-corrected chi connectivity index (χ2v) is 8.66. The molecular formula is C22H26F4N6O3. The lowest BCUT2D eigenvalue weighted by Gasteiger charge is -2.42. The number of urea groups is 2. The molecule has 1 saturated heterocycles. The van der Waals surface area contributed by atoms with Gasteiger partial charge < -0.3 is 25.2 Å².